The molecule has 0 saturated heterocycles. The first-order valence-electron chi connectivity index (χ1n) is 11.4. The van der Waals surface area contributed by atoms with E-state index in [0.29, 0.717) is 23.3 Å². The SMILES string of the molecule is C/C=C(\C)C(=O)OC1CC2C(CC=C3CC(O)CCC32C)C2CCC(C=O)C12C. The molecule has 4 aliphatic carbocycles. The summed E-state index contributed by atoms with van der Waals surface area (Å²) in [6.45, 7) is 8.22. The van der Waals surface area contributed by atoms with Gasteiger partial charge in [-0.25, -0.2) is 4.79 Å². The molecule has 0 aromatic heterocycles. The number of ether oxygens (including phenoxy) is 1. The molecule has 8 atom stereocenters. The van der Waals surface area contributed by atoms with Gasteiger partial charge < -0.3 is 14.6 Å². The molecule has 3 saturated carbocycles. The van der Waals surface area contributed by atoms with Crippen LogP contribution in [0.3, 0.4) is 0 Å². The van der Waals surface area contributed by atoms with Gasteiger partial charge in [0.2, 0.25) is 0 Å². The van der Waals surface area contributed by atoms with E-state index in [0.717, 1.165) is 51.2 Å². The Hall–Kier alpha value is -1.42. The third-order valence-electron chi connectivity index (χ3n) is 9.39. The first kappa shape index (κ1) is 20.8. The average Bonchev–Trinajstić information content (AvgIpc) is 3.06. The molecule has 4 nitrogen and oxygen atoms in total. The second-order valence-corrected chi connectivity index (χ2v) is 10.4. The summed E-state index contributed by atoms with van der Waals surface area (Å²) < 4.78 is 6.15. The summed E-state index contributed by atoms with van der Waals surface area (Å²) in [4.78, 5) is 24.7. The van der Waals surface area contributed by atoms with Crippen molar-refractivity contribution in [3.8, 4) is 0 Å². The molecule has 3 fully saturated rings. The highest BCUT2D eigenvalue weighted by Gasteiger charge is 2.63. The highest BCUT2D eigenvalue weighted by molar-refractivity contribution is 5.87. The zero-order valence-corrected chi connectivity index (χ0v) is 18.3. The van der Waals surface area contributed by atoms with Crippen molar-refractivity contribution in [3.63, 3.8) is 0 Å². The zero-order chi connectivity index (χ0) is 21.0. The van der Waals surface area contributed by atoms with Gasteiger partial charge in [-0.2, -0.15) is 0 Å². The molecule has 0 aliphatic heterocycles. The summed E-state index contributed by atoms with van der Waals surface area (Å²) in [5, 5.41) is 10.2. The quantitative estimate of drug-likeness (QED) is 0.325. The maximum absolute atomic E-state index is 12.7. The van der Waals surface area contributed by atoms with Gasteiger partial charge in [-0.15, -0.1) is 0 Å². The monoisotopic (exact) mass is 400 g/mol. The summed E-state index contributed by atoms with van der Waals surface area (Å²) >= 11 is 0. The fourth-order valence-electron chi connectivity index (χ4n) is 7.37. The van der Waals surface area contributed by atoms with Gasteiger partial charge in [0.05, 0.1) is 6.10 Å². The molecule has 0 heterocycles. The minimum Gasteiger partial charge on any atom is -0.458 e. The molecular formula is C25H36O4. The lowest BCUT2D eigenvalue weighted by Crippen LogP contribution is -2.57. The Balaban J connectivity index is 1.72. The number of carbonyl (C=O) groups is 2. The van der Waals surface area contributed by atoms with Crippen molar-refractivity contribution in [2.45, 2.75) is 84.8 Å². The van der Waals surface area contributed by atoms with Gasteiger partial charge in [-0.05, 0) is 82.0 Å². The molecule has 4 rings (SSSR count). The van der Waals surface area contributed by atoms with E-state index in [4.69, 9.17) is 4.74 Å². The largest absolute Gasteiger partial charge is 0.458 e. The minimum atomic E-state index is -0.275. The predicted molar refractivity (Wildman–Crippen MR) is 112 cm³/mol. The standard InChI is InChI=1S/C25H36O4/c1-5-15(2)23(28)29-22-13-21-19(20-9-7-17(14-26)25(20,22)4)8-6-16-12-18(27)10-11-24(16,21)3/h5-6,14,17-22,27H,7-13H2,1-4H3/b15-5+. The highest BCUT2D eigenvalue weighted by Crippen LogP contribution is 2.66. The highest BCUT2D eigenvalue weighted by atomic mass is 16.5. The number of carbonyl (C=O) groups excluding carboxylic acids is 2. The second-order valence-electron chi connectivity index (χ2n) is 10.4. The van der Waals surface area contributed by atoms with Crippen LogP contribution in [-0.2, 0) is 14.3 Å². The van der Waals surface area contributed by atoms with E-state index < -0.39 is 0 Å². The third kappa shape index (κ3) is 3.05. The number of rotatable bonds is 3. The Kier molecular flexibility index (Phi) is 5.30. The van der Waals surface area contributed by atoms with Gasteiger partial charge in [0.25, 0.3) is 0 Å². The number of hydrogen-bond donors (Lipinski definition) is 1. The lowest BCUT2D eigenvalue weighted by molar-refractivity contribution is -0.176. The van der Waals surface area contributed by atoms with Crippen LogP contribution in [-0.4, -0.2) is 29.6 Å². The Bertz CT molecular complexity index is 752. The topological polar surface area (TPSA) is 63.6 Å². The van der Waals surface area contributed by atoms with Crippen molar-refractivity contribution in [3.05, 3.63) is 23.3 Å². The summed E-state index contributed by atoms with van der Waals surface area (Å²) in [5.74, 6) is 1.10. The molecule has 0 aromatic carbocycles. The second kappa shape index (κ2) is 7.37. The zero-order valence-electron chi connectivity index (χ0n) is 18.3. The van der Waals surface area contributed by atoms with E-state index in [2.05, 4.69) is 19.9 Å². The smallest absolute Gasteiger partial charge is 0.333 e. The number of esters is 1. The predicted octanol–water partition coefficient (Wildman–Crippen LogP) is 4.61. The molecule has 0 radical (unpaired) electrons. The fraction of sp³-hybridized carbons (Fsp3) is 0.760. The normalized spacial score (nSPS) is 46.8. The number of hydrogen-bond acceptors (Lipinski definition) is 4. The lowest BCUT2D eigenvalue weighted by atomic mass is 9.46. The van der Waals surface area contributed by atoms with E-state index in [1.54, 1.807) is 13.0 Å². The first-order valence-corrected chi connectivity index (χ1v) is 11.4. The summed E-state index contributed by atoms with van der Waals surface area (Å²) in [7, 11) is 0. The van der Waals surface area contributed by atoms with Crippen LogP contribution in [0.2, 0.25) is 0 Å². The van der Waals surface area contributed by atoms with Crippen molar-refractivity contribution in [1.29, 1.82) is 0 Å². The van der Waals surface area contributed by atoms with Gasteiger partial charge in [0, 0.05) is 16.9 Å². The van der Waals surface area contributed by atoms with E-state index in [9.17, 15) is 14.7 Å². The van der Waals surface area contributed by atoms with Crippen molar-refractivity contribution in [2.24, 2.45) is 34.5 Å². The summed E-state index contributed by atoms with van der Waals surface area (Å²) in [6.07, 6.45) is 11.3. The molecule has 0 spiro atoms. The molecule has 8 unspecified atom stereocenters. The Labute approximate surface area is 174 Å². The van der Waals surface area contributed by atoms with Gasteiger partial charge in [0.15, 0.2) is 0 Å². The number of aliphatic hydroxyl groups excluding tert-OH is 1. The molecule has 0 bridgehead atoms. The minimum absolute atomic E-state index is 0.0384. The van der Waals surface area contributed by atoms with Crippen LogP contribution in [0.15, 0.2) is 23.3 Å². The van der Waals surface area contributed by atoms with Gasteiger partial charge in [-0.3, -0.25) is 0 Å². The van der Waals surface area contributed by atoms with E-state index >= 15 is 0 Å². The third-order valence-corrected chi connectivity index (χ3v) is 9.39. The van der Waals surface area contributed by atoms with Crippen LogP contribution in [0.5, 0.6) is 0 Å². The number of fused-ring (bicyclic) bond motifs is 5. The molecule has 0 amide bonds. The molecule has 4 heteroatoms. The van der Waals surface area contributed by atoms with Crippen LogP contribution < -0.4 is 0 Å². The molecule has 29 heavy (non-hydrogen) atoms. The number of allylic oxidation sites excluding steroid dienone is 2. The Morgan fingerprint density at radius 3 is 2.69 bits per heavy atom. The number of aliphatic hydroxyl groups is 1. The summed E-state index contributed by atoms with van der Waals surface area (Å²) in [6, 6.07) is 0. The first-order chi connectivity index (χ1) is 13.8. The van der Waals surface area contributed by atoms with Crippen LogP contribution in [0.25, 0.3) is 0 Å². The molecule has 0 aromatic rings. The van der Waals surface area contributed by atoms with Crippen molar-refractivity contribution in [2.75, 3.05) is 0 Å². The van der Waals surface area contributed by atoms with Gasteiger partial charge >= 0.3 is 5.97 Å². The van der Waals surface area contributed by atoms with Crippen LogP contribution in [0.4, 0.5) is 0 Å². The van der Waals surface area contributed by atoms with E-state index in [1.165, 1.54) is 5.57 Å². The maximum Gasteiger partial charge on any atom is 0.333 e. The van der Waals surface area contributed by atoms with Crippen LogP contribution in [0, 0.1) is 34.5 Å². The number of aldehydes is 1. The van der Waals surface area contributed by atoms with Crippen molar-refractivity contribution >= 4 is 12.3 Å². The van der Waals surface area contributed by atoms with Crippen molar-refractivity contribution < 1.29 is 19.4 Å². The van der Waals surface area contributed by atoms with E-state index in [-0.39, 0.29) is 34.9 Å². The average molecular weight is 401 g/mol. The van der Waals surface area contributed by atoms with E-state index in [1.807, 2.05) is 6.92 Å². The van der Waals surface area contributed by atoms with Gasteiger partial charge in [0.1, 0.15) is 12.4 Å². The van der Waals surface area contributed by atoms with Crippen molar-refractivity contribution in [1.82, 2.24) is 0 Å². The van der Waals surface area contributed by atoms with Crippen LogP contribution in [0.1, 0.15) is 72.6 Å². The molecular weight excluding hydrogens is 364 g/mol. The molecule has 4 aliphatic rings. The molecule has 160 valence electrons. The Morgan fingerprint density at radius 1 is 1.24 bits per heavy atom. The summed E-state index contributed by atoms with van der Waals surface area (Å²) in [5.41, 5.74) is 1.83. The lowest BCUT2D eigenvalue weighted by Gasteiger charge is -2.59. The fourth-order valence-corrected chi connectivity index (χ4v) is 7.37. The maximum atomic E-state index is 12.7. The Morgan fingerprint density at radius 2 is 2.00 bits per heavy atom. The van der Waals surface area contributed by atoms with Gasteiger partial charge in [-0.1, -0.05) is 31.6 Å². The molecule has 1 N–H and O–H groups in total. The van der Waals surface area contributed by atoms with Crippen LogP contribution >= 0.6 is 0 Å².